The minimum atomic E-state index is -0.334. The Morgan fingerprint density at radius 2 is 2.00 bits per heavy atom. The van der Waals surface area contributed by atoms with Gasteiger partial charge in [-0.1, -0.05) is 6.07 Å². The molecule has 0 bridgehead atoms. The van der Waals surface area contributed by atoms with Crippen molar-refractivity contribution in [2.24, 2.45) is 0 Å². The van der Waals surface area contributed by atoms with Gasteiger partial charge in [-0.3, -0.25) is 0 Å². The van der Waals surface area contributed by atoms with Crippen LogP contribution in [-0.4, -0.2) is 25.2 Å². The van der Waals surface area contributed by atoms with Crippen molar-refractivity contribution in [2.45, 2.75) is 19.6 Å². The number of ether oxygens (including phenoxy) is 3. The zero-order chi connectivity index (χ0) is 20.6. The number of aromatic nitrogens is 1. The van der Waals surface area contributed by atoms with Crippen LogP contribution in [0.5, 0.6) is 17.2 Å². The Labute approximate surface area is 173 Å². The average molecular weight is 413 g/mol. The van der Waals surface area contributed by atoms with Crippen LogP contribution in [0.1, 0.15) is 24.2 Å². The number of rotatable bonds is 8. The van der Waals surface area contributed by atoms with Crippen molar-refractivity contribution in [2.75, 3.05) is 19.5 Å². The highest BCUT2D eigenvalue weighted by Gasteiger charge is 2.15. The first-order valence-electron chi connectivity index (χ1n) is 8.98. The number of hydrogen-bond donors (Lipinski definition) is 2. The van der Waals surface area contributed by atoms with Gasteiger partial charge in [-0.25, -0.2) is 9.78 Å². The third kappa shape index (κ3) is 5.61. The first kappa shape index (κ1) is 20.5. The molecule has 0 fully saturated rings. The van der Waals surface area contributed by atoms with Crippen molar-refractivity contribution < 1.29 is 19.0 Å². The number of methoxy groups -OCH3 is 2. The summed E-state index contributed by atoms with van der Waals surface area (Å²) in [4.78, 5) is 16.6. The van der Waals surface area contributed by atoms with Gasteiger partial charge >= 0.3 is 6.03 Å². The molecular weight excluding hydrogens is 390 g/mol. The summed E-state index contributed by atoms with van der Waals surface area (Å²) in [5, 5.41) is 7.67. The van der Waals surface area contributed by atoms with Crippen molar-refractivity contribution in [3.63, 3.8) is 0 Å². The van der Waals surface area contributed by atoms with Gasteiger partial charge in [-0.2, -0.15) is 0 Å². The summed E-state index contributed by atoms with van der Waals surface area (Å²) in [6, 6.07) is 12.1. The molecule has 1 heterocycles. The molecule has 1 aromatic heterocycles. The molecule has 1 atom stereocenters. The SMILES string of the molecule is COc1ccc(OC)c(C(C)NC(=O)Nc2cccc(OCc3cscn3)c2)c1. The maximum absolute atomic E-state index is 12.5. The van der Waals surface area contributed by atoms with E-state index in [0.717, 1.165) is 11.3 Å². The third-order valence-electron chi connectivity index (χ3n) is 4.21. The number of nitrogens with zero attached hydrogens (tertiary/aromatic N) is 1. The fourth-order valence-electron chi connectivity index (χ4n) is 2.75. The lowest BCUT2D eigenvalue weighted by Gasteiger charge is -2.18. The van der Waals surface area contributed by atoms with Gasteiger partial charge in [0.15, 0.2) is 0 Å². The van der Waals surface area contributed by atoms with Crippen LogP contribution < -0.4 is 24.8 Å². The molecular formula is C21H23N3O4S. The molecule has 1 unspecified atom stereocenters. The molecule has 152 valence electrons. The molecule has 0 aliphatic carbocycles. The molecule has 3 aromatic rings. The Morgan fingerprint density at radius 1 is 1.14 bits per heavy atom. The molecule has 3 rings (SSSR count). The standard InChI is InChI=1S/C21H23N3O4S/c1-14(19-10-17(26-2)7-8-20(19)27-3)23-21(25)24-15-5-4-6-18(9-15)28-11-16-12-29-13-22-16/h4-10,12-14H,11H2,1-3H3,(H2,23,24,25). The van der Waals surface area contributed by atoms with Gasteiger partial charge in [0.2, 0.25) is 0 Å². The van der Waals surface area contributed by atoms with E-state index in [1.54, 1.807) is 31.9 Å². The minimum absolute atomic E-state index is 0.288. The van der Waals surface area contributed by atoms with Gasteiger partial charge in [0.05, 0.1) is 31.5 Å². The lowest BCUT2D eigenvalue weighted by Crippen LogP contribution is -2.31. The maximum atomic E-state index is 12.5. The van der Waals surface area contributed by atoms with Crippen molar-refractivity contribution in [3.05, 3.63) is 64.6 Å². The van der Waals surface area contributed by atoms with E-state index in [-0.39, 0.29) is 12.1 Å². The summed E-state index contributed by atoms with van der Waals surface area (Å²) < 4.78 is 16.4. The first-order chi connectivity index (χ1) is 14.1. The number of nitrogens with one attached hydrogen (secondary N) is 2. The fourth-order valence-corrected chi connectivity index (χ4v) is 3.29. The molecule has 29 heavy (non-hydrogen) atoms. The third-order valence-corrected chi connectivity index (χ3v) is 4.85. The lowest BCUT2D eigenvalue weighted by atomic mass is 10.1. The normalized spacial score (nSPS) is 11.4. The Hall–Kier alpha value is -3.26. The highest BCUT2D eigenvalue weighted by Crippen LogP contribution is 2.29. The van der Waals surface area contributed by atoms with Crippen LogP contribution in [0.25, 0.3) is 0 Å². The fraction of sp³-hybridized carbons (Fsp3) is 0.238. The van der Waals surface area contributed by atoms with E-state index in [9.17, 15) is 4.79 Å². The van der Waals surface area contributed by atoms with E-state index in [1.807, 2.05) is 42.6 Å². The summed E-state index contributed by atoms with van der Waals surface area (Å²) in [5.41, 5.74) is 4.08. The summed E-state index contributed by atoms with van der Waals surface area (Å²) >= 11 is 1.52. The van der Waals surface area contributed by atoms with Crippen LogP contribution in [0.4, 0.5) is 10.5 Å². The summed E-state index contributed by atoms with van der Waals surface area (Å²) in [5.74, 6) is 2.02. The molecule has 0 saturated carbocycles. The Morgan fingerprint density at radius 3 is 2.72 bits per heavy atom. The predicted molar refractivity (Wildman–Crippen MR) is 113 cm³/mol. The molecule has 0 saturated heterocycles. The van der Waals surface area contributed by atoms with Crippen LogP contribution in [0.15, 0.2) is 53.4 Å². The number of anilines is 1. The number of amides is 2. The molecule has 2 amide bonds. The number of thiazole rings is 1. The van der Waals surface area contributed by atoms with Crippen molar-refractivity contribution in [1.82, 2.24) is 10.3 Å². The van der Waals surface area contributed by atoms with Gasteiger partial charge in [-0.15, -0.1) is 11.3 Å². The van der Waals surface area contributed by atoms with E-state index in [4.69, 9.17) is 14.2 Å². The average Bonchev–Trinajstić information content (AvgIpc) is 3.25. The summed E-state index contributed by atoms with van der Waals surface area (Å²) in [7, 11) is 3.19. The van der Waals surface area contributed by atoms with Gasteiger partial charge in [0.25, 0.3) is 0 Å². The van der Waals surface area contributed by atoms with Crippen molar-refractivity contribution >= 4 is 23.1 Å². The highest BCUT2D eigenvalue weighted by molar-refractivity contribution is 7.07. The molecule has 2 aromatic carbocycles. The second-order valence-corrected chi connectivity index (χ2v) is 6.94. The van der Waals surface area contributed by atoms with E-state index >= 15 is 0 Å². The highest BCUT2D eigenvalue weighted by atomic mass is 32.1. The molecule has 0 radical (unpaired) electrons. The van der Waals surface area contributed by atoms with Crippen LogP contribution in [0, 0.1) is 0 Å². The van der Waals surface area contributed by atoms with Crippen molar-refractivity contribution in [1.29, 1.82) is 0 Å². The number of hydrogen-bond acceptors (Lipinski definition) is 6. The minimum Gasteiger partial charge on any atom is -0.497 e. The van der Waals surface area contributed by atoms with Gasteiger partial charge < -0.3 is 24.8 Å². The summed E-state index contributed by atoms with van der Waals surface area (Å²) in [6.45, 7) is 2.26. The molecule has 8 heteroatoms. The van der Waals surface area contributed by atoms with E-state index in [0.29, 0.717) is 29.5 Å². The first-order valence-corrected chi connectivity index (χ1v) is 9.92. The zero-order valence-electron chi connectivity index (χ0n) is 16.5. The second-order valence-electron chi connectivity index (χ2n) is 6.22. The van der Waals surface area contributed by atoms with E-state index in [1.165, 1.54) is 11.3 Å². The van der Waals surface area contributed by atoms with Crippen LogP contribution in [0.2, 0.25) is 0 Å². The lowest BCUT2D eigenvalue weighted by molar-refractivity contribution is 0.249. The van der Waals surface area contributed by atoms with Crippen LogP contribution >= 0.6 is 11.3 Å². The number of carbonyl (C=O) groups excluding carboxylic acids is 1. The quantitative estimate of drug-likeness (QED) is 0.563. The predicted octanol–water partition coefficient (Wildman–Crippen LogP) is 4.62. The Bertz CT molecular complexity index is 947. The molecule has 2 N–H and O–H groups in total. The van der Waals surface area contributed by atoms with Crippen LogP contribution in [0.3, 0.4) is 0 Å². The molecule has 0 aliphatic rings. The number of carbonyl (C=O) groups is 1. The molecule has 0 spiro atoms. The number of urea groups is 1. The van der Waals surface area contributed by atoms with Crippen molar-refractivity contribution in [3.8, 4) is 17.2 Å². The van der Waals surface area contributed by atoms with Gasteiger partial charge in [0, 0.05) is 22.7 Å². The topological polar surface area (TPSA) is 81.7 Å². The Balaban J connectivity index is 1.61. The van der Waals surface area contributed by atoms with E-state index < -0.39 is 0 Å². The monoisotopic (exact) mass is 413 g/mol. The number of benzene rings is 2. The molecule has 7 nitrogen and oxygen atoms in total. The van der Waals surface area contributed by atoms with E-state index in [2.05, 4.69) is 15.6 Å². The Kier molecular flexibility index (Phi) is 6.91. The second kappa shape index (κ2) is 9.79. The largest absolute Gasteiger partial charge is 0.497 e. The smallest absolute Gasteiger partial charge is 0.319 e. The van der Waals surface area contributed by atoms with Gasteiger partial charge in [-0.05, 0) is 37.3 Å². The van der Waals surface area contributed by atoms with Crippen LogP contribution in [-0.2, 0) is 6.61 Å². The summed E-state index contributed by atoms with van der Waals surface area (Å²) in [6.07, 6.45) is 0. The van der Waals surface area contributed by atoms with Gasteiger partial charge in [0.1, 0.15) is 23.9 Å². The maximum Gasteiger partial charge on any atom is 0.319 e. The molecule has 0 aliphatic heterocycles. The zero-order valence-corrected chi connectivity index (χ0v) is 17.3.